The molecule has 2 N–H and O–H groups in total. The number of aromatic nitrogens is 2. The third-order valence-electron chi connectivity index (χ3n) is 4.50. The fourth-order valence-electron chi connectivity index (χ4n) is 3.20. The Morgan fingerprint density at radius 2 is 1.83 bits per heavy atom. The van der Waals surface area contributed by atoms with Crippen LogP contribution in [0.25, 0.3) is 22.0 Å². The molecule has 24 heavy (non-hydrogen) atoms. The van der Waals surface area contributed by atoms with Crippen LogP contribution in [0.3, 0.4) is 0 Å². The Bertz CT molecular complexity index is 842. The second-order valence-electron chi connectivity index (χ2n) is 6.18. The zero-order valence-corrected chi connectivity index (χ0v) is 13.4. The summed E-state index contributed by atoms with van der Waals surface area (Å²) in [6.45, 7) is 5.22. The minimum atomic E-state index is 0.268. The molecule has 4 rings (SSSR count). The minimum Gasteiger partial charge on any atom is -0.508 e. The average Bonchev–Trinajstić information content (AvgIpc) is 2.63. The second-order valence-corrected chi connectivity index (χ2v) is 6.18. The molecule has 0 saturated carbocycles. The Labute approximate surface area is 141 Å². The molecule has 0 unspecified atom stereocenters. The van der Waals surface area contributed by atoms with E-state index in [1.54, 1.807) is 18.3 Å². The molecule has 0 atom stereocenters. The molecule has 5 nitrogen and oxygen atoms in total. The molecular weight excluding hydrogens is 300 g/mol. The molecule has 1 fully saturated rings. The highest BCUT2D eigenvalue weighted by molar-refractivity contribution is 5.94. The second kappa shape index (κ2) is 6.55. The summed E-state index contributed by atoms with van der Waals surface area (Å²) in [4.78, 5) is 2.46. The van der Waals surface area contributed by atoms with Crippen LogP contribution in [0.5, 0.6) is 5.75 Å². The Balaban J connectivity index is 1.71. The largest absolute Gasteiger partial charge is 0.508 e. The molecule has 0 spiro atoms. The van der Waals surface area contributed by atoms with Gasteiger partial charge >= 0.3 is 0 Å². The van der Waals surface area contributed by atoms with Gasteiger partial charge in [0.25, 0.3) is 0 Å². The van der Waals surface area contributed by atoms with Gasteiger partial charge in [0.15, 0.2) is 0 Å². The van der Waals surface area contributed by atoms with Crippen LogP contribution in [-0.4, -0.2) is 46.4 Å². The first kappa shape index (κ1) is 15.1. The Morgan fingerprint density at radius 3 is 2.62 bits per heavy atom. The first-order chi connectivity index (χ1) is 11.8. The van der Waals surface area contributed by atoms with Crippen molar-refractivity contribution in [3.63, 3.8) is 0 Å². The summed E-state index contributed by atoms with van der Waals surface area (Å²) in [6.07, 6.45) is 1.79. The summed E-state index contributed by atoms with van der Waals surface area (Å²) in [6, 6.07) is 13.6. The Hall–Kier alpha value is -2.50. The smallest absolute Gasteiger partial charge is 0.115 e. The molecule has 0 amide bonds. The number of nitrogens with one attached hydrogen (secondary N) is 1. The number of piperazine rings is 1. The van der Waals surface area contributed by atoms with Gasteiger partial charge in [-0.2, -0.15) is 10.2 Å². The van der Waals surface area contributed by atoms with E-state index in [0.29, 0.717) is 0 Å². The summed E-state index contributed by atoms with van der Waals surface area (Å²) >= 11 is 0. The first-order valence-electron chi connectivity index (χ1n) is 8.26. The molecule has 2 aromatic carbocycles. The summed E-state index contributed by atoms with van der Waals surface area (Å²) in [5.74, 6) is 0.268. The van der Waals surface area contributed by atoms with Gasteiger partial charge in [-0.25, -0.2) is 0 Å². The molecule has 1 aromatic heterocycles. The fraction of sp³-hybridized carbons (Fsp3) is 0.263. The van der Waals surface area contributed by atoms with E-state index in [9.17, 15) is 5.11 Å². The summed E-state index contributed by atoms with van der Waals surface area (Å²) in [5.41, 5.74) is 4.26. The number of phenols is 1. The molecular formula is C19H20N4O. The van der Waals surface area contributed by atoms with Crippen LogP contribution >= 0.6 is 0 Å². The van der Waals surface area contributed by atoms with Gasteiger partial charge < -0.3 is 10.4 Å². The van der Waals surface area contributed by atoms with Gasteiger partial charge in [0.05, 0.1) is 11.7 Å². The third kappa shape index (κ3) is 3.09. The zero-order valence-electron chi connectivity index (χ0n) is 13.4. The number of nitrogens with zero attached hydrogens (tertiary/aromatic N) is 3. The summed E-state index contributed by atoms with van der Waals surface area (Å²) < 4.78 is 0. The predicted molar refractivity (Wildman–Crippen MR) is 94.8 cm³/mol. The minimum absolute atomic E-state index is 0.268. The summed E-state index contributed by atoms with van der Waals surface area (Å²) in [5, 5.41) is 22.4. The van der Waals surface area contributed by atoms with Crippen molar-refractivity contribution in [2.24, 2.45) is 0 Å². The number of benzene rings is 2. The maximum Gasteiger partial charge on any atom is 0.115 e. The fourth-order valence-corrected chi connectivity index (χ4v) is 3.20. The van der Waals surface area contributed by atoms with Crippen LogP contribution < -0.4 is 5.32 Å². The van der Waals surface area contributed by atoms with E-state index in [4.69, 9.17) is 0 Å². The zero-order chi connectivity index (χ0) is 16.4. The normalized spacial score (nSPS) is 15.7. The van der Waals surface area contributed by atoms with Gasteiger partial charge in [0.1, 0.15) is 5.75 Å². The quantitative estimate of drug-likeness (QED) is 0.776. The molecule has 1 aliphatic rings. The van der Waals surface area contributed by atoms with Crippen LogP contribution in [0, 0.1) is 0 Å². The third-order valence-corrected chi connectivity index (χ3v) is 4.50. The van der Waals surface area contributed by atoms with Crippen LogP contribution in [0.15, 0.2) is 48.7 Å². The van der Waals surface area contributed by atoms with E-state index in [1.807, 2.05) is 18.2 Å². The molecule has 1 aliphatic heterocycles. The number of rotatable bonds is 3. The monoisotopic (exact) mass is 320 g/mol. The molecule has 2 heterocycles. The van der Waals surface area contributed by atoms with Gasteiger partial charge in [0.2, 0.25) is 0 Å². The maximum absolute atomic E-state index is 9.50. The lowest BCUT2D eigenvalue weighted by Gasteiger charge is -2.27. The SMILES string of the molecule is Oc1ccc(-c2cnnc3ccc(CN4CCNCC4)cc23)cc1. The lowest BCUT2D eigenvalue weighted by atomic mass is 10.0. The van der Waals surface area contributed by atoms with Gasteiger partial charge in [-0.15, -0.1) is 0 Å². The van der Waals surface area contributed by atoms with Crippen molar-refractivity contribution in [1.29, 1.82) is 0 Å². The number of aromatic hydroxyl groups is 1. The molecule has 3 aromatic rings. The van der Waals surface area contributed by atoms with Crippen molar-refractivity contribution in [1.82, 2.24) is 20.4 Å². The maximum atomic E-state index is 9.50. The lowest BCUT2D eigenvalue weighted by molar-refractivity contribution is 0.233. The van der Waals surface area contributed by atoms with E-state index in [2.05, 4.69) is 32.5 Å². The van der Waals surface area contributed by atoms with Crippen molar-refractivity contribution < 1.29 is 5.11 Å². The summed E-state index contributed by atoms with van der Waals surface area (Å²) in [7, 11) is 0. The number of hydrogen-bond donors (Lipinski definition) is 2. The van der Waals surface area contributed by atoms with Crippen molar-refractivity contribution >= 4 is 10.9 Å². The van der Waals surface area contributed by atoms with Crippen molar-refractivity contribution in [2.45, 2.75) is 6.54 Å². The number of hydrogen-bond acceptors (Lipinski definition) is 5. The highest BCUT2D eigenvalue weighted by atomic mass is 16.3. The molecule has 1 saturated heterocycles. The van der Waals surface area contributed by atoms with Gasteiger partial charge in [-0.05, 0) is 35.4 Å². The predicted octanol–water partition coefficient (Wildman–Crippen LogP) is 2.41. The van der Waals surface area contributed by atoms with Gasteiger partial charge in [0, 0.05) is 43.7 Å². The van der Waals surface area contributed by atoms with Crippen molar-refractivity contribution in [3.05, 3.63) is 54.2 Å². The van der Waals surface area contributed by atoms with E-state index in [-0.39, 0.29) is 5.75 Å². The van der Waals surface area contributed by atoms with Crippen LogP contribution in [0.1, 0.15) is 5.56 Å². The molecule has 5 heteroatoms. The lowest BCUT2D eigenvalue weighted by Crippen LogP contribution is -2.42. The average molecular weight is 320 g/mol. The van der Waals surface area contributed by atoms with Crippen LogP contribution in [-0.2, 0) is 6.54 Å². The highest BCUT2D eigenvalue weighted by Crippen LogP contribution is 2.28. The number of fused-ring (bicyclic) bond motifs is 1. The van der Waals surface area contributed by atoms with Gasteiger partial charge in [-0.1, -0.05) is 18.2 Å². The van der Waals surface area contributed by atoms with E-state index in [1.165, 1.54) is 5.56 Å². The first-order valence-corrected chi connectivity index (χ1v) is 8.26. The molecule has 0 aliphatic carbocycles. The van der Waals surface area contributed by atoms with Gasteiger partial charge in [-0.3, -0.25) is 4.90 Å². The Morgan fingerprint density at radius 1 is 1.04 bits per heavy atom. The van der Waals surface area contributed by atoms with Crippen molar-refractivity contribution in [2.75, 3.05) is 26.2 Å². The van der Waals surface area contributed by atoms with E-state index in [0.717, 1.165) is 54.8 Å². The van der Waals surface area contributed by atoms with Crippen LogP contribution in [0.2, 0.25) is 0 Å². The topological polar surface area (TPSA) is 61.3 Å². The Kier molecular flexibility index (Phi) is 4.11. The standard InChI is InChI=1S/C19H20N4O/c24-16-4-2-15(3-5-16)18-12-21-22-19-6-1-14(11-17(18)19)13-23-9-7-20-8-10-23/h1-6,11-12,20,24H,7-10,13H2. The van der Waals surface area contributed by atoms with Crippen molar-refractivity contribution in [3.8, 4) is 16.9 Å². The van der Waals surface area contributed by atoms with E-state index >= 15 is 0 Å². The molecule has 122 valence electrons. The molecule has 0 bridgehead atoms. The highest BCUT2D eigenvalue weighted by Gasteiger charge is 2.12. The van der Waals surface area contributed by atoms with E-state index < -0.39 is 0 Å². The number of phenolic OH excluding ortho intramolecular Hbond substituents is 1. The molecule has 0 radical (unpaired) electrons. The van der Waals surface area contributed by atoms with Crippen LogP contribution in [0.4, 0.5) is 0 Å².